The van der Waals surface area contributed by atoms with E-state index in [1.165, 1.54) is 18.4 Å². The van der Waals surface area contributed by atoms with Crippen molar-refractivity contribution in [2.75, 3.05) is 13.1 Å². The molecule has 2 aromatic rings. The van der Waals surface area contributed by atoms with Crippen molar-refractivity contribution in [1.82, 2.24) is 20.3 Å². The summed E-state index contributed by atoms with van der Waals surface area (Å²) in [6.45, 7) is 9.68. The Morgan fingerprint density at radius 2 is 1.70 bits per heavy atom. The van der Waals surface area contributed by atoms with Gasteiger partial charge in [0.15, 0.2) is 0 Å². The molecule has 2 rings (SSSR count). The van der Waals surface area contributed by atoms with Crippen LogP contribution >= 0.6 is 0 Å². The second-order valence-corrected chi connectivity index (χ2v) is 4.90. The van der Waals surface area contributed by atoms with Crippen LogP contribution in [0.3, 0.4) is 0 Å². The van der Waals surface area contributed by atoms with E-state index < -0.39 is 0 Å². The van der Waals surface area contributed by atoms with Gasteiger partial charge in [-0.15, -0.1) is 5.10 Å². The van der Waals surface area contributed by atoms with Crippen LogP contribution in [-0.4, -0.2) is 33.4 Å². The van der Waals surface area contributed by atoms with Crippen LogP contribution in [0.15, 0.2) is 36.5 Å². The Bertz CT molecular complexity index is 419. The van der Waals surface area contributed by atoms with Gasteiger partial charge in [0, 0.05) is 12.7 Å². The number of aromatic amines is 1. The van der Waals surface area contributed by atoms with Crippen LogP contribution in [-0.2, 0) is 6.54 Å². The molecule has 0 radical (unpaired) electrons. The number of aryl methyl sites for hydroxylation is 1. The van der Waals surface area contributed by atoms with E-state index in [0.717, 1.165) is 25.3 Å². The van der Waals surface area contributed by atoms with Gasteiger partial charge in [-0.25, -0.2) is 0 Å². The summed E-state index contributed by atoms with van der Waals surface area (Å²) in [4.78, 5) is 2.40. The van der Waals surface area contributed by atoms with Gasteiger partial charge < -0.3 is 0 Å². The molecule has 0 aliphatic carbocycles. The van der Waals surface area contributed by atoms with Gasteiger partial charge in [-0.3, -0.25) is 10.00 Å². The third-order valence-corrected chi connectivity index (χ3v) is 2.87. The van der Waals surface area contributed by atoms with Gasteiger partial charge >= 0.3 is 0 Å². The van der Waals surface area contributed by atoms with Crippen LogP contribution in [0, 0.1) is 6.92 Å². The number of aromatic nitrogens is 3. The Hall–Kier alpha value is -1.68. The maximum Gasteiger partial charge on any atom is 0.0964 e. The van der Waals surface area contributed by atoms with Crippen molar-refractivity contribution in [3.8, 4) is 0 Å². The summed E-state index contributed by atoms with van der Waals surface area (Å²) in [7, 11) is 0. The molecule has 1 aromatic heterocycles. The van der Waals surface area contributed by atoms with E-state index in [-0.39, 0.29) is 0 Å². The standard InChI is InChI=1S/C9H18N4.C7H8/c1-3-5-13(6-4-2)8-9-7-10-12-11-9;1-7-5-3-2-4-6-7/h7H,3-6,8H2,1-2H3,(H,10,11,12);2-6H,1H3. The molecule has 1 N–H and O–H groups in total. The second-order valence-electron chi connectivity index (χ2n) is 4.90. The normalized spacial score (nSPS) is 10.2. The summed E-state index contributed by atoms with van der Waals surface area (Å²) in [5.74, 6) is 0. The molecular weight excluding hydrogens is 248 g/mol. The Morgan fingerprint density at radius 1 is 1.05 bits per heavy atom. The largest absolute Gasteiger partial charge is 0.297 e. The van der Waals surface area contributed by atoms with E-state index in [2.05, 4.69) is 53.2 Å². The maximum atomic E-state index is 3.97. The summed E-state index contributed by atoms with van der Waals surface area (Å²) in [5.41, 5.74) is 2.35. The lowest BCUT2D eigenvalue weighted by Gasteiger charge is -2.18. The molecule has 0 atom stereocenters. The van der Waals surface area contributed by atoms with E-state index in [0.29, 0.717) is 0 Å². The number of rotatable bonds is 6. The first-order chi connectivity index (χ1) is 9.76. The minimum atomic E-state index is 0.915. The molecule has 0 bridgehead atoms. The van der Waals surface area contributed by atoms with Gasteiger partial charge in [-0.05, 0) is 32.9 Å². The number of H-pyrrole nitrogens is 1. The fourth-order valence-corrected chi connectivity index (χ4v) is 1.97. The van der Waals surface area contributed by atoms with E-state index in [4.69, 9.17) is 0 Å². The molecule has 110 valence electrons. The molecule has 0 spiro atoms. The number of benzene rings is 1. The highest BCUT2D eigenvalue weighted by atomic mass is 15.3. The molecule has 0 aliphatic heterocycles. The second kappa shape index (κ2) is 10.1. The average molecular weight is 274 g/mol. The van der Waals surface area contributed by atoms with Crippen LogP contribution in [0.25, 0.3) is 0 Å². The van der Waals surface area contributed by atoms with Gasteiger partial charge in [-0.1, -0.05) is 55.0 Å². The number of nitrogens with zero attached hydrogens (tertiary/aromatic N) is 3. The summed E-state index contributed by atoms with van der Waals surface area (Å²) in [6, 6.07) is 10.3. The van der Waals surface area contributed by atoms with Gasteiger partial charge in [-0.2, -0.15) is 0 Å². The first-order valence-electron chi connectivity index (χ1n) is 7.35. The van der Waals surface area contributed by atoms with Gasteiger partial charge in [0.25, 0.3) is 0 Å². The molecule has 4 heteroatoms. The molecule has 1 aromatic carbocycles. The molecule has 0 unspecified atom stereocenters. The van der Waals surface area contributed by atoms with E-state index in [1.54, 1.807) is 0 Å². The molecule has 0 saturated heterocycles. The van der Waals surface area contributed by atoms with Crippen molar-refractivity contribution in [2.24, 2.45) is 0 Å². The smallest absolute Gasteiger partial charge is 0.0964 e. The monoisotopic (exact) mass is 274 g/mol. The summed E-state index contributed by atoms with van der Waals surface area (Å²) in [6.07, 6.45) is 4.24. The number of hydrogen-bond acceptors (Lipinski definition) is 3. The zero-order chi connectivity index (χ0) is 14.6. The van der Waals surface area contributed by atoms with Crippen molar-refractivity contribution in [3.63, 3.8) is 0 Å². The quantitative estimate of drug-likeness (QED) is 0.878. The summed E-state index contributed by atoms with van der Waals surface area (Å²) in [5, 5.41) is 10.4. The molecule has 0 fully saturated rings. The van der Waals surface area contributed by atoms with Gasteiger partial charge in [0.05, 0.1) is 5.69 Å². The number of nitrogens with one attached hydrogen (secondary N) is 1. The van der Waals surface area contributed by atoms with E-state index in [1.807, 2.05) is 24.4 Å². The minimum absolute atomic E-state index is 0.915. The first kappa shape index (κ1) is 16.4. The Balaban J connectivity index is 0.000000240. The fourth-order valence-electron chi connectivity index (χ4n) is 1.97. The molecule has 1 heterocycles. The highest BCUT2D eigenvalue weighted by molar-refractivity contribution is 5.11. The van der Waals surface area contributed by atoms with Crippen molar-refractivity contribution >= 4 is 0 Å². The van der Waals surface area contributed by atoms with Crippen molar-refractivity contribution < 1.29 is 0 Å². The molecule has 4 nitrogen and oxygen atoms in total. The van der Waals surface area contributed by atoms with E-state index >= 15 is 0 Å². The minimum Gasteiger partial charge on any atom is -0.297 e. The molecular formula is C16H26N4. The summed E-state index contributed by atoms with van der Waals surface area (Å²) >= 11 is 0. The lowest BCUT2D eigenvalue weighted by Crippen LogP contribution is -2.25. The molecule has 0 aliphatic rings. The molecule has 0 saturated carbocycles. The van der Waals surface area contributed by atoms with Crippen LogP contribution in [0.1, 0.15) is 37.9 Å². The topological polar surface area (TPSA) is 44.8 Å². The van der Waals surface area contributed by atoms with Crippen molar-refractivity contribution in [3.05, 3.63) is 47.8 Å². The van der Waals surface area contributed by atoms with Crippen molar-refractivity contribution in [1.29, 1.82) is 0 Å². The highest BCUT2D eigenvalue weighted by Crippen LogP contribution is 2.01. The fraction of sp³-hybridized carbons (Fsp3) is 0.500. The average Bonchev–Trinajstić information content (AvgIpc) is 2.94. The van der Waals surface area contributed by atoms with Crippen LogP contribution < -0.4 is 0 Å². The SMILES string of the molecule is CCCN(CCC)Cc1c[nH]nn1.Cc1ccccc1. The zero-order valence-corrected chi connectivity index (χ0v) is 12.8. The molecule has 0 amide bonds. The highest BCUT2D eigenvalue weighted by Gasteiger charge is 2.04. The van der Waals surface area contributed by atoms with Crippen LogP contribution in [0.2, 0.25) is 0 Å². The Kier molecular flexibility index (Phi) is 8.31. The third-order valence-electron chi connectivity index (χ3n) is 2.87. The Labute approximate surface area is 122 Å². The molecule has 20 heavy (non-hydrogen) atoms. The van der Waals surface area contributed by atoms with Crippen LogP contribution in [0.4, 0.5) is 0 Å². The number of hydrogen-bond donors (Lipinski definition) is 1. The van der Waals surface area contributed by atoms with E-state index in [9.17, 15) is 0 Å². The maximum absolute atomic E-state index is 3.97. The Morgan fingerprint density at radius 3 is 2.10 bits per heavy atom. The zero-order valence-electron chi connectivity index (χ0n) is 12.8. The lowest BCUT2D eigenvalue weighted by molar-refractivity contribution is 0.263. The predicted octanol–water partition coefficient (Wildman–Crippen LogP) is 3.42. The van der Waals surface area contributed by atoms with Gasteiger partial charge in [0.1, 0.15) is 0 Å². The van der Waals surface area contributed by atoms with Gasteiger partial charge in [0.2, 0.25) is 0 Å². The van der Waals surface area contributed by atoms with Crippen molar-refractivity contribution in [2.45, 2.75) is 40.2 Å². The third kappa shape index (κ3) is 7.04. The lowest BCUT2D eigenvalue weighted by atomic mass is 10.2. The predicted molar refractivity (Wildman–Crippen MR) is 83.4 cm³/mol. The first-order valence-corrected chi connectivity index (χ1v) is 7.35. The summed E-state index contributed by atoms with van der Waals surface area (Å²) < 4.78 is 0. The van der Waals surface area contributed by atoms with Crippen LogP contribution in [0.5, 0.6) is 0 Å².